The number of nitrogens with zero attached hydrogens (tertiary/aromatic N) is 1. The number of rotatable bonds is 5. The molecule has 0 fully saturated rings. The molecule has 0 heterocycles. The number of aromatic hydroxyl groups is 1. The number of carbonyl (C=O) groups is 1. The van der Waals surface area contributed by atoms with Crippen LogP contribution in [-0.2, 0) is 4.79 Å². The number of hydrazone groups is 1. The molecule has 0 aromatic heterocycles. The van der Waals surface area contributed by atoms with Gasteiger partial charge in [-0.05, 0) is 31.2 Å². The van der Waals surface area contributed by atoms with Gasteiger partial charge in [-0.3, -0.25) is 4.79 Å². The van der Waals surface area contributed by atoms with Gasteiger partial charge in [0.05, 0.1) is 6.21 Å². The molecular formula is C16H16N2O3. The van der Waals surface area contributed by atoms with E-state index in [1.54, 1.807) is 36.4 Å². The minimum absolute atomic E-state index is 0.103. The quantitative estimate of drug-likeness (QED) is 0.653. The van der Waals surface area contributed by atoms with Crippen molar-refractivity contribution in [2.24, 2.45) is 5.10 Å². The van der Waals surface area contributed by atoms with Crippen LogP contribution < -0.4 is 10.2 Å². The molecule has 0 aliphatic carbocycles. The van der Waals surface area contributed by atoms with Gasteiger partial charge in [-0.1, -0.05) is 29.8 Å². The number of phenols is 1. The van der Waals surface area contributed by atoms with Crippen molar-refractivity contribution < 1.29 is 14.6 Å². The Bertz CT molecular complexity index is 636. The van der Waals surface area contributed by atoms with E-state index in [-0.39, 0.29) is 18.3 Å². The number of hydrogen-bond donors (Lipinski definition) is 2. The number of hydrogen-bond acceptors (Lipinski definition) is 4. The summed E-state index contributed by atoms with van der Waals surface area (Å²) in [7, 11) is 0. The summed E-state index contributed by atoms with van der Waals surface area (Å²) in [5, 5.41) is 13.3. The Balaban J connectivity index is 1.80. The van der Waals surface area contributed by atoms with Crippen molar-refractivity contribution in [2.75, 3.05) is 6.61 Å². The minimum Gasteiger partial charge on any atom is -0.507 e. The average Bonchev–Trinajstić information content (AvgIpc) is 2.49. The van der Waals surface area contributed by atoms with Crippen molar-refractivity contribution in [1.29, 1.82) is 0 Å². The smallest absolute Gasteiger partial charge is 0.277 e. The Morgan fingerprint density at radius 2 is 1.95 bits per heavy atom. The highest BCUT2D eigenvalue weighted by Gasteiger charge is 2.01. The number of carbonyl (C=O) groups excluding carboxylic acids is 1. The van der Waals surface area contributed by atoms with E-state index in [1.165, 1.54) is 6.21 Å². The van der Waals surface area contributed by atoms with Crippen LogP contribution in [0.3, 0.4) is 0 Å². The lowest BCUT2D eigenvalue weighted by molar-refractivity contribution is -0.123. The van der Waals surface area contributed by atoms with Gasteiger partial charge in [-0.25, -0.2) is 5.43 Å². The molecule has 0 bridgehead atoms. The highest BCUT2D eigenvalue weighted by Crippen LogP contribution is 2.12. The first kappa shape index (κ1) is 14.6. The van der Waals surface area contributed by atoms with Gasteiger partial charge in [0.1, 0.15) is 11.5 Å². The van der Waals surface area contributed by atoms with Gasteiger partial charge in [0, 0.05) is 5.56 Å². The van der Waals surface area contributed by atoms with Gasteiger partial charge in [0.2, 0.25) is 0 Å². The second kappa shape index (κ2) is 7.09. The molecule has 0 aliphatic rings. The zero-order valence-electron chi connectivity index (χ0n) is 11.6. The standard InChI is InChI=1S/C16H16N2O3/c1-12-6-8-14(9-7-12)21-11-16(20)18-17-10-13-4-2-3-5-15(13)19/h2-10,19H,11H2,1H3,(H,18,20)/b17-10+. The Kier molecular flexibility index (Phi) is 4.93. The lowest BCUT2D eigenvalue weighted by Crippen LogP contribution is -2.24. The van der Waals surface area contributed by atoms with E-state index < -0.39 is 0 Å². The number of phenolic OH excluding ortho intramolecular Hbond substituents is 1. The molecular weight excluding hydrogens is 268 g/mol. The third kappa shape index (κ3) is 4.65. The predicted octanol–water partition coefficient (Wildman–Crippen LogP) is 2.23. The molecule has 0 aliphatic heterocycles. The number of para-hydroxylation sites is 1. The van der Waals surface area contributed by atoms with Crippen LogP contribution in [-0.4, -0.2) is 23.8 Å². The lowest BCUT2D eigenvalue weighted by atomic mass is 10.2. The minimum atomic E-state index is -0.373. The molecule has 2 aromatic carbocycles. The molecule has 21 heavy (non-hydrogen) atoms. The van der Waals surface area contributed by atoms with E-state index in [0.717, 1.165) is 5.56 Å². The summed E-state index contributed by atoms with van der Waals surface area (Å²) in [6.07, 6.45) is 1.37. The van der Waals surface area contributed by atoms with Crippen molar-refractivity contribution in [3.05, 3.63) is 59.7 Å². The summed E-state index contributed by atoms with van der Waals surface area (Å²) in [6, 6.07) is 14.1. The molecule has 1 amide bonds. The van der Waals surface area contributed by atoms with E-state index in [2.05, 4.69) is 10.5 Å². The number of nitrogens with one attached hydrogen (secondary N) is 1. The van der Waals surface area contributed by atoms with Gasteiger partial charge in [-0.2, -0.15) is 5.10 Å². The van der Waals surface area contributed by atoms with Crippen LogP contribution in [0.2, 0.25) is 0 Å². The highest BCUT2D eigenvalue weighted by molar-refractivity contribution is 5.85. The molecule has 0 unspecified atom stereocenters. The van der Waals surface area contributed by atoms with E-state index >= 15 is 0 Å². The summed E-state index contributed by atoms with van der Waals surface area (Å²) in [5.41, 5.74) is 3.98. The van der Waals surface area contributed by atoms with Crippen molar-refractivity contribution in [2.45, 2.75) is 6.92 Å². The summed E-state index contributed by atoms with van der Waals surface area (Å²) in [4.78, 5) is 11.5. The summed E-state index contributed by atoms with van der Waals surface area (Å²) >= 11 is 0. The average molecular weight is 284 g/mol. The third-order valence-electron chi connectivity index (χ3n) is 2.72. The molecule has 5 nitrogen and oxygen atoms in total. The van der Waals surface area contributed by atoms with E-state index in [9.17, 15) is 9.90 Å². The van der Waals surface area contributed by atoms with Crippen molar-refractivity contribution in [3.8, 4) is 11.5 Å². The second-order valence-corrected chi connectivity index (χ2v) is 4.45. The fraction of sp³-hybridized carbons (Fsp3) is 0.125. The Morgan fingerprint density at radius 3 is 2.67 bits per heavy atom. The summed E-state index contributed by atoms with van der Waals surface area (Å²) < 4.78 is 5.31. The normalized spacial score (nSPS) is 10.5. The second-order valence-electron chi connectivity index (χ2n) is 4.45. The molecule has 2 N–H and O–H groups in total. The molecule has 0 saturated heterocycles. The van der Waals surface area contributed by atoms with Crippen LogP contribution in [0.15, 0.2) is 53.6 Å². The first-order valence-electron chi connectivity index (χ1n) is 6.44. The SMILES string of the molecule is Cc1ccc(OCC(=O)N/N=C/c2ccccc2O)cc1. The van der Waals surface area contributed by atoms with Crippen LogP contribution in [0.1, 0.15) is 11.1 Å². The number of benzene rings is 2. The monoisotopic (exact) mass is 284 g/mol. The van der Waals surface area contributed by atoms with Crippen molar-refractivity contribution >= 4 is 12.1 Å². The number of aryl methyl sites for hydroxylation is 1. The molecule has 0 radical (unpaired) electrons. The van der Waals surface area contributed by atoms with Crippen LogP contribution in [0.25, 0.3) is 0 Å². The maximum absolute atomic E-state index is 11.5. The molecule has 0 saturated carbocycles. The Morgan fingerprint density at radius 1 is 1.24 bits per heavy atom. The molecule has 5 heteroatoms. The van der Waals surface area contributed by atoms with Gasteiger partial charge < -0.3 is 9.84 Å². The van der Waals surface area contributed by atoms with E-state index in [0.29, 0.717) is 11.3 Å². The fourth-order valence-electron chi connectivity index (χ4n) is 1.59. The summed E-state index contributed by atoms with van der Waals surface area (Å²) in [5.74, 6) is 0.356. The van der Waals surface area contributed by atoms with Crippen LogP contribution >= 0.6 is 0 Å². The largest absolute Gasteiger partial charge is 0.507 e. The number of ether oxygens (including phenoxy) is 1. The fourth-order valence-corrected chi connectivity index (χ4v) is 1.59. The zero-order chi connectivity index (χ0) is 15.1. The van der Waals surface area contributed by atoms with E-state index in [1.807, 2.05) is 19.1 Å². The summed E-state index contributed by atoms with van der Waals surface area (Å²) in [6.45, 7) is 1.85. The van der Waals surface area contributed by atoms with E-state index in [4.69, 9.17) is 4.74 Å². The van der Waals surface area contributed by atoms with Crippen LogP contribution in [0, 0.1) is 6.92 Å². The first-order chi connectivity index (χ1) is 10.1. The zero-order valence-corrected chi connectivity index (χ0v) is 11.6. The lowest BCUT2D eigenvalue weighted by Gasteiger charge is -2.05. The predicted molar refractivity (Wildman–Crippen MR) is 80.5 cm³/mol. The maximum atomic E-state index is 11.5. The van der Waals surface area contributed by atoms with Crippen molar-refractivity contribution in [3.63, 3.8) is 0 Å². The molecule has 108 valence electrons. The molecule has 0 spiro atoms. The first-order valence-corrected chi connectivity index (χ1v) is 6.44. The Hall–Kier alpha value is -2.82. The third-order valence-corrected chi connectivity index (χ3v) is 2.72. The van der Waals surface area contributed by atoms with Gasteiger partial charge in [0.25, 0.3) is 5.91 Å². The van der Waals surface area contributed by atoms with Crippen LogP contribution in [0.4, 0.5) is 0 Å². The van der Waals surface area contributed by atoms with Crippen molar-refractivity contribution in [1.82, 2.24) is 5.43 Å². The Labute approximate surface area is 122 Å². The maximum Gasteiger partial charge on any atom is 0.277 e. The number of amides is 1. The van der Waals surface area contributed by atoms with Crippen LogP contribution in [0.5, 0.6) is 11.5 Å². The molecule has 2 aromatic rings. The van der Waals surface area contributed by atoms with Gasteiger partial charge >= 0.3 is 0 Å². The van der Waals surface area contributed by atoms with Gasteiger partial charge in [0.15, 0.2) is 6.61 Å². The molecule has 2 rings (SSSR count). The van der Waals surface area contributed by atoms with Gasteiger partial charge in [-0.15, -0.1) is 0 Å². The highest BCUT2D eigenvalue weighted by atomic mass is 16.5. The topological polar surface area (TPSA) is 70.9 Å². The molecule has 0 atom stereocenters.